The van der Waals surface area contributed by atoms with Crippen molar-refractivity contribution in [1.82, 2.24) is 0 Å². The minimum Gasteiger partial charge on any atom is -0.294 e. The number of hydrogen-bond donors (Lipinski definition) is 0. The average Bonchev–Trinajstić information content (AvgIpc) is 2.75. The molecular weight excluding hydrogens is 328 g/mol. The lowest BCUT2D eigenvalue weighted by Crippen LogP contribution is -2.21. The van der Waals surface area contributed by atoms with Crippen LogP contribution >= 0.6 is 0 Å². The fraction of sp³-hybridized carbons (Fsp3) is 0.115. The first kappa shape index (κ1) is 17.2. The highest BCUT2D eigenvalue weighted by Gasteiger charge is 2.28. The Hall–Kier alpha value is -3.19. The van der Waals surface area contributed by atoms with Crippen LogP contribution < -0.4 is 0 Å². The van der Waals surface area contributed by atoms with E-state index in [1.54, 1.807) is 0 Å². The van der Waals surface area contributed by atoms with Crippen LogP contribution in [0.3, 0.4) is 0 Å². The number of fused-ring (bicyclic) bond motifs is 1. The van der Waals surface area contributed by atoms with Gasteiger partial charge < -0.3 is 0 Å². The highest BCUT2D eigenvalue weighted by atomic mass is 16.1. The van der Waals surface area contributed by atoms with Crippen molar-refractivity contribution in [3.63, 3.8) is 0 Å². The number of ketones is 1. The second-order valence-corrected chi connectivity index (χ2v) is 6.98. The van der Waals surface area contributed by atoms with Crippen LogP contribution in [0, 0.1) is 5.92 Å². The Balaban J connectivity index is 1.86. The van der Waals surface area contributed by atoms with Crippen LogP contribution in [-0.2, 0) is 0 Å². The van der Waals surface area contributed by atoms with Gasteiger partial charge in [-0.15, -0.1) is 0 Å². The first-order valence-corrected chi connectivity index (χ1v) is 9.37. The first-order valence-electron chi connectivity index (χ1n) is 9.37. The maximum atomic E-state index is 13.3. The minimum atomic E-state index is -0.166. The van der Waals surface area contributed by atoms with Crippen molar-refractivity contribution < 1.29 is 4.79 Å². The van der Waals surface area contributed by atoms with Crippen LogP contribution in [-0.4, -0.2) is 5.78 Å². The molecule has 0 bridgehead atoms. The van der Waals surface area contributed by atoms with Gasteiger partial charge in [0.15, 0.2) is 5.78 Å². The van der Waals surface area contributed by atoms with Crippen LogP contribution in [0.15, 0.2) is 103 Å². The highest BCUT2D eigenvalue weighted by Crippen LogP contribution is 2.37. The van der Waals surface area contributed by atoms with E-state index < -0.39 is 0 Å². The summed E-state index contributed by atoms with van der Waals surface area (Å²) in [6, 6.07) is 34.8. The number of rotatable bonds is 5. The Morgan fingerprint density at radius 2 is 1.26 bits per heavy atom. The standard InChI is InChI=1S/C26H22O/c1-19(26(27)22-14-6-3-7-15-22)25(21-12-4-2-5-13-21)24-18-10-16-20-11-8-9-17-23(20)24/h2-19,25H,1H3. The van der Waals surface area contributed by atoms with Gasteiger partial charge >= 0.3 is 0 Å². The van der Waals surface area contributed by atoms with E-state index in [9.17, 15) is 4.79 Å². The molecule has 0 aliphatic carbocycles. The highest BCUT2D eigenvalue weighted by molar-refractivity contribution is 5.99. The van der Waals surface area contributed by atoms with Gasteiger partial charge in [-0.3, -0.25) is 4.79 Å². The van der Waals surface area contributed by atoms with Crippen molar-refractivity contribution in [2.24, 2.45) is 5.92 Å². The first-order chi connectivity index (χ1) is 13.3. The number of benzene rings is 4. The van der Waals surface area contributed by atoms with E-state index >= 15 is 0 Å². The third-order valence-corrected chi connectivity index (χ3v) is 5.29. The molecule has 0 spiro atoms. The van der Waals surface area contributed by atoms with Crippen LogP contribution in [0.2, 0.25) is 0 Å². The average molecular weight is 350 g/mol. The zero-order valence-corrected chi connectivity index (χ0v) is 15.4. The largest absolute Gasteiger partial charge is 0.294 e. The third-order valence-electron chi connectivity index (χ3n) is 5.29. The van der Waals surface area contributed by atoms with Gasteiger partial charge in [-0.05, 0) is 21.9 Å². The summed E-state index contributed by atoms with van der Waals surface area (Å²) in [6.45, 7) is 2.05. The van der Waals surface area contributed by atoms with Gasteiger partial charge in [-0.25, -0.2) is 0 Å². The Bertz CT molecular complexity index is 1050. The molecule has 0 aromatic heterocycles. The Kier molecular flexibility index (Phi) is 4.84. The van der Waals surface area contributed by atoms with Crippen molar-refractivity contribution in [3.05, 3.63) is 120 Å². The molecule has 2 unspecified atom stereocenters. The van der Waals surface area contributed by atoms with Crippen molar-refractivity contribution in [3.8, 4) is 0 Å². The molecule has 4 rings (SSSR count). The molecule has 0 N–H and O–H groups in total. The SMILES string of the molecule is CC(C(=O)c1ccccc1)C(c1ccccc1)c1cccc2ccccc12. The summed E-state index contributed by atoms with van der Waals surface area (Å²) in [4.78, 5) is 13.3. The Morgan fingerprint density at radius 1 is 0.667 bits per heavy atom. The van der Waals surface area contributed by atoms with E-state index in [1.165, 1.54) is 21.9 Å². The summed E-state index contributed by atoms with van der Waals surface area (Å²) in [6.07, 6.45) is 0. The van der Waals surface area contributed by atoms with Gasteiger partial charge in [0.1, 0.15) is 0 Å². The molecule has 0 amide bonds. The predicted octanol–water partition coefficient (Wildman–Crippen LogP) is 6.49. The van der Waals surface area contributed by atoms with E-state index in [4.69, 9.17) is 0 Å². The van der Waals surface area contributed by atoms with Crippen molar-refractivity contribution in [1.29, 1.82) is 0 Å². The molecule has 0 aliphatic heterocycles. The fourth-order valence-electron chi connectivity index (χ4n) is 3.94. The monoisotopic (exact) mass is 350 g/mol. The minimum absolute atomic E-state index is 0.00464. The topological polar surface area (TPSA) is 17.1 Å². The van der Waals surface area contributed by atoms with Crippen LogP contribution in [0.25, 0.3) is 10.8 Å². The molecule has 0 fully saturated rings. The summed E-state index contributed by atoms with van der Waals surface area (Å²) in [7, 11) is 0. The molecule has 132 valence electrons. The summed E-state index contributed by atoms with van der Waals surface area (Å²) in [5.41, 5.74) is 3.15. The molecule has 0 heterocycles. The lowest BCUT2D eigenvalue weighted by Gasteiger charge is -2.25. The smallest absolute Gasteiger partial charge is 0.166 e. The molecule has 0 saturated carbocycles. The van der Waals surface area contributed by atoms with Gasteiger partial charge in [0.2, 0.25) is 0 Å². The zero-order chi connectivity index (χ0) is 18.6. The molecule has 4 aromatic carbocycles. The summed E-state index contributed by atoms with van der Waals surface area (Å²) in [5, 5.41) is 2.41. The van der Waals surface area contributed by atoms with Gasteiger partial charge in [-0.2, -0.15) is 0 Å². The van der Waals surface area contributed by atoms with Gasteiger partial charge in [0, 0.05) is 17.4 Å². The van der Waals surface area contributed by atoms with Crippen LogP contribution in [0.4, 0.5) is 0 Å². The van der Waals surface area contributed by atoms with E-state index in [-0.39, 0.29) is 17.6 Å². The number of carbonyl (C=O) groups is 1. The maximum Gasteiger partial charge on any atom is 0.166 e. The molecule has 1 nitrogen and oxygen atoms in total. The Labute approximate surface area is 160 Å². The predicted molar refractivity (Wildman–Crippen MR) is 112 cm³/mol. The second kappa shape index (κ2) is 7.59. The van der Waals surface area contributed by atoms with Gasteiger partial charge in [0.25, 0.3) is 0 Å². The van der Waals surface area contributed by atoms with Crippen LogP contribution in [0.5, 0.6) is 0 Å². The fourth-order valence-corrected chi connectivity index (χ4v) is 3.94. The molecule has 0 radical (unpaired) electrons. The molecule has 1 heteroatoms. The summed E-state index contributed by atoms with van der Waals surface area (Å²) < 4.78 is 0. The molecule has 0 aliphatic rings. The van der Waals surface area contributed by atoms with Crippen molar-refractivity contribution >= 4 is 16.6 Å². The summed E-state index contributed by atoms with van der Waals surface area (Å²) >= 11 is 0. The lowest BCUT2D eigenvalue weighted by atomic mass is 9.77. The van der Waals surface area contributed by atoms with Gasteiger partial charge in [-0.1, -0.05) is 110 Å². The lowest BCUT2D eigenvalue weighted by molar-refractivity contribution is 0.0919. The van der Waals surface area contributed by atoms with E-state index in [2.05, 4.69) is 61.5 Å². The summed E-state index contributed by atoms with van der Waals surface area (Å²) in [5.74, 6) is 0.0167. The van der Waals surface area contributed by atoms with E-state index in [0.717, 1.165) is 5.56 Å². The maximum absolute atomic E-state index is 13.3. The Morgan fingerprint density at radius 3 is 2.00 bits per heavy atom. The molecule has 2 atom stereocenters. The zero-order valence-electron chi connectivity index (χ0n) is 15.4. The molecule has 0 saturated heterocycles. The quantitative estimate of drug-likeness (QED) is 0.376. The third kappa shape index (κ3) is 3.41. The van der Waals surface area contributed by atoms with E-state index in [1.807, 2.05) is 48.5 Å². The van der Waals surface area contributed by atoms with Gasteiger partial charge in [0.05, 0.1) is 0 Å². The normalized spacial score (nSPS) is 13.2. The molecular formula is C26H22O. The van der Waals surface area contributed by atoms with Crippen LogP contribution in [0.1, 0.15) is 34.3 Å². The second-order valence-electron chi connectivity index (χ2n) is 6.98. The number of Topliss-reactive ketones (excluding diaryl/α,β-unsaturated/α-hetero) is 1. The van der Waals surface area contributed by atoms with Crippen molar-refractivity contribution in [2.45, 2.75) is 12.8 Å². The number of carbonyl (C=O) groups excluding carboxylic acids is 1. The molecule has 4 aromatic rings. The van der Waals surface area contributed by atoms with Crippen molar-refractivity contribution in [2.75, 3.05) is 0 Å². The molecule has 27 heavy (non-hydrogen) atoms. The number of hydrogen-bond acceptors (Lipinski definition) is 1. The van der Waals surface area contributed by atoms with E-state index in [0.29, 0.717) is 0 Å².